The number of aromatic nitrogens is 7. The summed E-state index contributed by atoms with van der Waals surface area (Å²) in [6.45, 7) is 67.1. The standard InChI is InChI=1S/C15H27N3O2.3C14H25N3O2.3C13H23N3O2/c1-7-12-11(4)13(17-20-12)14(19)16-10-15(5,8-2)18(6)9-3;1-7-11-10(3)12(16-19-11)13(18)15-9-14(4,8-2)17(5)6;1-7-11-10(3)12(16-19-11)13(18)15-9-14(4,5)17(6)8-2;1-6-11-9-12(16-19-11)13(18)15-10-14(4,7-2)17(5)8-3;1-7-10-9(2)11(15-18-10)12(17)14-8-13(3,4)16(5)6;1-6-10-8-11(15-18-10)12(17)14-9-13(3,7-2)16(4)5;1-6-10-8-11(15-18-10)12(17)14-9-13(3,4)16(5)7-2/h7-10H2,1-6H3,(H,16,19);2*7-9H2,1-6H3,(H,15,18);9H,6-8,10H2,1-5H3,(H,15,18);7-8H2,1-6H3,(H,14,17);2*8H,6-7,9H2,1-5H3,(H,14,17). The van der Waals surface area contributed by atoms with Crippen LogP contribution in [0.25, 0.3) is 0 Å². The summed E-state index contributed by atoms with van der Waals surface area (Å²) in [5.41, 5.74) is 5.53. The Morgan fingerprint density at radius 1 is 0.260 bits per heavy atom. The molecule has 131 heavy (non-hydrogen) atoms. The Bertz CT molecular complexity index is 4540. The van der Waals surface area contributed by atoms with Gasteiger partial charge in [-0.1, -0.05) is 140 Å². The van der Waals surface area contributed by atoms with Gasteiger partial charge in [-0.15, -0.1) is 0 Å². The van der Waals surface area contributed by atoms with Crippen LogP contribution in [0.15, 0.2) is 49.9 Å². The van der Waals surface area contributed by atoms with E-state index < -0.39 is 0 Å². The number of nitrogens with zero attached hydrogens (tertiary/aromatic N) is 14. The van der Waals surface area contributed by atoms with Crippen LogP contribution < -0.4 is 37.2 Å². The van der Waals surface area contributed by atoms with E-state index in [1.807, 2.05) is 133 Å². The van der Waals surface area contributed by atoms with Gasteiger partial charge in [0.1, 0.15) is 40.3 Å². The zero-order valence-corrected chi connectivity index (χ0v) is 87.8. The van der Waals surface area contributed by atoms with E-state index in [-0.39, 0.29) is 80.1 Å². The first-order valence-corrected chi connectivity index (χ1v) is 46.7. The number of rotatable bonds is 43. The predicted molar refractivity (Wildman–Crippen MR) is 518 cm³/mol. The molecule has 35 heteroatoms. The molecule has 7 N–H and O–H groups in total. The Hall–Kier alpha value is -9.52. The van der Waals surface area contributed by atoms with Gasteiger partial charge < -0.3 is 83.6 Å². The molecule has 7 amide bonds. The summed E-state index contributed by atoms with van der Waals surface area (Å²) < 4.78 is 35.7. The maximum Gasteiger partial charge on any atom is 0.273 e. The van der Waals surface area contributed by atoms with E-state index in [9.17, 15) is 33.6 Å². The van der Waals surface area contributed by atoms with Crippen LogP contribution in [0.1, 0.15) is 335 Å². The van der Waals surface area contributed by atoms with Crippen LogP contribution in [-0.2, 0) is 44.9 Å². The van der Waals surface area contributed by atoms with Gasteiger partial charge in [0.15, 0.2) is 39.9 Å². The van der Waals surface area contributed by atoms with E-state index in [1.165, 1.54) is 0 Å². The molecule has 0 spiro atoms. The van der Waals surface area contributed by atoms with Gasteiger partial charge in [0.2, 0.25) is 0 Å². The molecule has 4 unspecified atom stereocenters. The molecule has 0 saturated carbocycles. The van der Waals surface area contributed by atoms with Gasteiger partial charge in [0, 0.05) is 170 Å². The molecule has 0 bridgehead atoms. The minimum atomic E-state index is -0.184. The Morgan fingerprint density at radius 2 is 0.466 bits per heavy atom. The molecule has 7 heterocycles. The predicted octanol–water partition coefficient (Wildman–Crippen LogP) is 13.5. The van der Waals surface area contributed by atoms with Crippen molar-refractivity contribution in [3.05, 3.63) is 121 Å². The molecule has 744 valence electrons. The van der Waals surface area contributed by atoms with Crippen molar-refractivity contribution in [3.8, 4) is 0 Å². The fraction of sp³-hybridized carbons (Fsp3) is 0.708. The van der Waals surface area contributed by atoms with E-state index in [0.717, 1.165) is 159 Å². The third-order valence-corrected chi connectivity index (χ3v) is 26.4. The van der Waals surface area contributed by atoms with Gasteiger partial charge in [-0.05, 0) is 219 Å². The van der Waals surface area contributed by atoms with Crippen LogP contribution in [-0.4, -0.2) is 293 Å². The third-order valence-electron chi connectivity index (χ3n) is 26.4. The second kappa shape index (κ2) is 56.5. The topological polar surface area (TPSA) is 409 Å². The molecular formula is C96H171N21O14. The van der Waals surface area contributed by atoms with Crippen LogP contribution in [0.4, 0.5) is 0 Å². The summed E-state index contributed by atoms with van der Waals surface area (Å²) in [5.74, 6) is 4.08. The quantitative estimate of drug-likeness (QED) is 0.0187. The molecule has 7 aromatic heterocycles. The summed E-state index contributed by atoms with van der Waals surface area (Å²) in [5, 5.41) is 47.2. The highest BCUT2D eigenvalue weighted by Crippen LogP contribution is 2.24. The summed E-state index contributed by atoms with van der Waals surface area (Å²) in [4.78, 5) is 99.4. The van der Waals surface area contributed by atoms with Crippen molar-refractivity contribution in [2.45, 2.75) is 310 Å². The summed E-state index contributed by atoms with van der Waals surface area (Å²) in [6, 6.07) is 5.07. The summed E-state index contributed by atoms with van der Waals surface area (Å²) in [6.07, 6.45) is 9.06. The molecule has 0 fully saturated rings. The average molecular weight is 1840 g/mol. The number of amides is 7. The lowest BCUT2D eigenvalue weighted by atomic mass is 9.96. The zero-order valence-electron chi connectivity index (χ0n) is 87.8. The maximum absolute atomic E-state index is 12.2. The molecule has 35 nitrogen and oxygen atoms in total. The normalized spacial score (nSPS) is 13.4. The van der Waals surface area contributed by atoms with Crippen molar-refractivity contribution in [1.29, 1.82) is 0 Å². The number of carbonyl (C=O) groups excluding carboxylic acids is 7. The van der Waals surface area contributed by atoms with Crippen molar-refractivity contribution in [2.24, 2.45) is 0 Å². The fourth-order valence-corrected chi connectivity index (χ4v) is 12.3. The Balaban J connectivity index is 0.000000764. The summed E-state index contributed by atoms with van der Waals surface area (Å²) in [7, 11) is 20.3. The SMILES string of the molecule is CCc1cc(C(=O)NCC(C)(C)N(C)CC)no1.CCc1cc(C(=O)NCC(C)(CC)N(C)C)no1.CCc1cc(C(=O)NCC(C)(CC)N(C)CC)no1.CCc1onc(C(=O)NCC(C)(C)N(C)C)c1C.CCc1onc(C(=O)NCC(C)(C)N(C)CC)c1C.CCc1onc(C(=O)NCC(C)(CC)N(C)C)c1C.CCc1onc(C(=O)NCC(C)(CC)N(C)CC)c1C. The lowest BCUT2D eigenvalue weighted by molar-refractivity contribution is 0.0871. The number of carbonyl (C=O) groups is 7. The second-order valence-electron chi connectivity index (χ2n) is 36.7. The minimum absolute atomic E-state index is 0.0399. The van der Waals surface area contributed by atoms with Crippen LogP contribution >= 0.6 is 0 Å². The van der Waals surface area contributed by atoms with Crippen molar-refractivity contribution < 1.29 is 65.2 Å². The van der Waals surface area contributed by atoms with Gasteiger partial charge in [-0.25, -0.2) is 0 Å². The summed E-state index contributed by atoms with van der Waals surface area (Å²) >= 11 is 0. The third kappa shape index (κ3) is 36.4. The van der Waals surface area contributed by atoms with Gasteiger partial charge in [0.05, 0.1) is 0 Å². The number of hydrogen-bond donors (Lipinski definition) is 7. The largest absolute Gasteiger partial charge is 0.361 e. The number of nitrogens with one attached hydrogen (secondary N) is 7. The fourth-order valence-electron chi connectivity index (χ4n) is 12.3. The van der Waals surface area contributed by atoms with E-state index >= 15 is 0 Å². The molecular weight excluding hydrogens is 1670 g/mol. The smallest absolute Gasteiger partial charge is 0.273 e. The molecule has 0 aromatic carbocycles. The van der Waals surface area contributed by atoms with Gasteiger partial charge in [0.25, 0.3) is 41.4 Å². The van der Waals surface area contributed by atoms with Crippen LogP contribution in [0.5, 0.6) is 0 Å². The highest BCUT2D eigenvalue weighted by atomic mass is 16.5. The molecule has 0 saturated heterocycles. The minimum Gasteiger partial charge on any atom is -0.361 e. The van der Waals surface area contributed by atoms with E-state index in [4.69, 9.17) is 31.7 Å². The second-order valence-corrected chi connectivity index (χ2v) is 36.7. The van der Waals surface area contributed by atoms with E-state index in [2.05, 4.69) is 246 Å². The van der Waals surface area contributed by atoms with Crippen molar-refractivity contribution in [2.75, 3.05) is 142 Å². The molecule has 0 aliphatic heterocycles. The first-order valence-electron chi connectivity index (χ1n) is 46.7. The molecule has 0 radical (unpaired) electrons. The molecule has 7 aromatic rings. The lowest BCUT2D eigenvalue weighted by Gasteiger charge is -2.37. The maximum atomic E-state index is 12.2. The molecule has 4 atom stereocenters. The van der Waals surface area contributed by atoms with Gasteiger partial charge >= 0.3 is 0 Å². The van der Waals surface area contributed by atoms with Crippen LogP contribution in [0.2, 0.25) is 0 Å². The molecule has 0 aliphatic carbocycles. The Morgan fingerprint density at radius 3 is 0.649 bits per heavy atom. The monoisotopic (exact) mass is 1840 g/mol. The van der Waals surface area contributed by atoms with Crippen molar-refractivity contribution in [3.63, 3.8) is 0 Å². The lowest BCUT2D eigenvalue weighted by Crippen LogP contribution is -2.51. The van der Waals surface area contributed by atoms with Gasteiger partial charge in [-0.3, -0.25) is 53.2 Å². The highest BCUT2D eigenvalue weighted by Gasteiger charge is 2.34. The van der Waals surface area contributed by atoms with Crippen LogP contribution in [0, 0.1) is 27.7 Å². The van der Waals surface area contributed by atoms with Crippen molar-refractivity contribution in [1.82, 2.24) is 108 Å². The Labute approximate surface area is 783 Å². The first kappa shape index (κ1) is 119. The number of aryl methyl sites for hydroxylation is 7. The zero-order chi connectivity index (χ0) is 101. The van der Waals surface area contributed by atoms with Crippen molar-refractivity contribution >= 4 is 41.4 Å². The number of hydrogen-bond acceptors (Lipinski definition) is 28. The van der Waals surface area contributed by atoms with Gasteiger partial charge in [-0.2, -0.15) is 0 Å². The first-order chi connectivity index (χ1) is 61.2. The van der Waals surface area contributed by atoms with E-state index in [0.29, 0.717) is 85.7 Å². The van der Waals surface area contributed by atoms with E-state index in [1.54, 1.807) is 18.2 Å². The number of likely N-dealkylation sites (N-methyl/N-ethyl adjacent to an activating group) is 7. The average Bonchev–Trinajstić information content (AvgIpc) is 1.66. The Kier molecular flexibility index (Phi) is 51.5. The highest BCUT2D eigenvalue weighted by molar-refractivity contribution is 5.96. The van der Waals surface area contributed by atoms with Crippen LogP contribution in [0.3, 0.4) is 0 Å². The molecule has 7 rings (SSSR count). The molecule has 0 aliphatic rings.